The van der Waals surface area contributed by atoms with Crippen molar-refractivity contribution in [2.45, 2.75) is 39.7 Å². The van der Waals surface area contributed by atoms with Crippen LogP contribution in [0.15, 0.2) is 60.0 Å². The summed E-state index contributed by atoms with van der Waals surface area (Å²) >= 11 is 1.70. The molecule has 2 atom stereocenters. The van der Waals surface area contributed by atoms with Crippen molar-refractivity contribution in [3.8, 4) is 5.75 Å². The van der Waals surface area contributed by atoms with Crippen molar-refractivity contribution in [3.63, 3.8) is 0 Å². The van der Waals surface area contributed by atoms with E-state index in [9.17, 15) is 14.0 Å². The van der Waals surface area contributed by atoms with E-state index in [0.717, 1.165) is 29.7 Å². The van der Waals surface area contributed by atoms with Gasteiger partial charge in [0.1, 0.15) is 24.7 Å². The molecule has 1 aromatic heterocycles. The fourth-order valence-electron chi connectivity index (χ4n) is 4.47. The van der Waals surface area contributed by atoms with Gasteiger partial charge in [-0.05, 0) is 66.6 Å². The Labute approximate surface area is 216 Å². The molecule has 0 bridgehead atoms. The Kier molecular flexibility index (Phi) is 8.41. The predicted octanol–water partition coefficient (Wildman–Crippen LogP) is 5.89. The Morgan fingerprint density at radius 1 is 1.19 bits per heavy atom. The zero-order valence-corrected chi connectivity index (χ0v) is 21.9. The van der Waals surface area contributed by atoms with Gasteiger partial charge in [0.15, 0.2) is 0 Å². The number of carbonyl (C=O) groups is 2. The highest BCUT2D eigenvalue weighted by Gasteiger charge is 2.34. The number of hydrogen-bond donors (Lipinski definition) is 0. The molecule has 0 fully saturated rings. The molecule has 3 aromatic rings. The molecule has 2 aromatic carbocycles. The van der Waals surface area contributed by atoms with Gasteiger partial charge >= 0.3 is 0 Å². The summed E-state index contributed by atoms with van der Waals surface area (Å²) < 4.78 is 19.9. The molecule has 2 heterocycles. The minimum Gasteiger partial charge on any atom is -0.491 e. The topological polar surface area (TPSA) is 49.9 Å². The highest BCUT2D eigenvalue weighted by atomic mass is 32.1. The number of benzene rings is 2. The van der Waals surface area contributed by atoms with Gasteiger partial charge < -0.3 is 14.5 Å². The van der Waals surface area contributed by atoms with Gasteiger partial charge in [0.05, 0.1) is 6.04 Å². The number of thiophene rings is 1. The Balaban J connectivity index is 1.54. The lowest BCUT2D eigenvalue weighted by molar-refractivity contribution is -0.135. The van der Waals surface area contributed by atoms with E-state index >= 15 is 0 Å². The fourth-order valence-corrected chi connectivity index (χ4v) is 5.40. The summed E-state index contributed by atoms with van der Waals surface area (Å²) in [5.41, 5.74) is 2.52. The van der Waals surface area contributed by atoms with Crippen molar-refractivity contribution in [3.05, 3.63) is 87.4 Å². The van der Waals surface area contributed by atoms with E-state index in [4.69, 9.17) is 4.74 Å². The van der Waals surface area contributed by atoms with Gasteiger partial charge in [-0.2, -0.15) is 0 Å². The third-order valence-electron chi connectivity index (χ3n) is 6.76. The van der Waals surface area contributed by atoms with Crippen LogP contribution in [0.2, 0.25) is 0 Å². The molecule has 7 heteroatoms. The van der Waals surface area contributed by atoms with E-state index in [1.807, 2.05) is 43.0 Å². The summed E-state index contributed by atoms with van der Waals surface area (Å²) in [5, 5.41) is 2.06. The Hall–Kier alpha value is -3.19. The van der Waals surface area contributed by atoms with E-state index in [1.54, 1.807) is 22.3 Å². The van der Waals surface area contributed by atoms with Gasteiger partial charge in [-0.15, -0.1) is 11.3 Å². The molecule has 1 aliphatic rings. The number of hydrogen-bond acceptors (Lipinski definition) is 4. The van der Waals surface area contributed by atoms with Crippen molar-refractivity contribution >= 4 is 23.2 Å². The first-order valence-corrected chi connectivity index (χ1v) is 13.3. The minimum absolute atomic E-state index is 0.0554. The van der Waals surface area contributed by atoms with Crippen LogP contribution < -0.4 is 4.74 Å². The number of amides is 2. The summed E-state index contributed by atoms with van der Waals surface area (Å²) in [5.74, 6) is 0.0436. The fraction of sp³-hybridized carbons (Fsp3) is 0.379. The normalized spacial score (nSPS) is 15.8. The van der Waals surface area contributed by atoms with Crippen LogP contribution in [-0.4, -0.2) is 47.9 Å². The van der Waals surface area contributed by atoms with Gasteiger partial charge in [-0.25, -0.2) is 4.39 Å². The van der Waals surface area contributed by atoms with Crippen molar-refractivity contribution < 1.29 is 18.7 Å². The summed E-state index contributed by atoms with van der Waals surface area (Å²) in [6.45, 7) is 7.41. The molecule has 0 spiro atoms. The number of rotatable bonds is 9. The lowest BCUT2D eigenvalue weighted by atomic mass is 10.00. The molecule has 190 valence electrons. The van der Waals surface area contributed by atoms with Crippen LogP contribution in [0.1, 0.15) is 52.7 Å². The molecule has 0 saturated heterocycles. The number of carbonyl (C=O) groups excluding carboxylic acids is 2. The zero-order valence-electron chi connectivity index (χ0n) is 21.1. The molecule has 2 amide bonds. The molecule has 36 heavy (non-hydrogen) atoms. The number of aryl methyl sites for hydroxylation is 1. The first-order valence-electron chi connectivity index (χ1n) is 12.5. The first kappa shape index (κ1) is 25.9. The van der Waals surface area contributed by atoms with Gasteiger partial charge in [0, 0.05) is 23.5 Å². The molecule has 0 saturated carbocycles. The summed E-state index contributed by atoms with van der Waals surface area (Å²) in [6, 6.07) is 15.4. The van der Waals surface area contributed by atoms with Crippen molar-refractivity contribution in [2.75, 3.05) is 26.2 Å². The van der Waals surface area contributed by atoms with Crippen LogP contribution in [0.25, 0.3) is 0 Å². The maximum atomic E-state index is 13.8. The first-order chi connectivity index (χ1) is 17.4. The largest absolute Gasteiger partial charge is 0.491 e. The Bertz CT molecular complexity index is 1190. The molecular weight excluding hydrogens is 475 g/mol. The monoisotopic (exact) mass is 508 g/mol. The van der Waals surface area contributed by atoms with Crippen molar-refractivity contribution in [1.82, 2.24) is 9.80 Å². The Morgan fingerprint density at radius 2 is 1.97 bits per heavy atom. The number of nitrogens with zero attached hydrogens (tertiary/aromatic N) is 2. The van der Waals surface area contributed by atoms with E-state index in [1.165, 1.54) is 23.1 Å². The van der Waals surface area contributed by atoms with Crippen LogP contribution in [0.4, 0.5) is 4.39 Å². The minimum atomic E-state index is -0.468. The predicted molar refractivity (Wildman–Crippen MR) is 141 cm³/mol. The second kappa shape index (κ2) is 11.7. The number of ether oxygens (including phenoxy) is 1. The third kappa shape index (κ3) is 6.13. The average molecular weight is 509 g/mol. The molecule has 1 aliphatic heterocycles. The zero-order chi connectivity index (χ0) is 25.7. The second-order valence-corrected chi connectivity index (χ2v) is 10.5. The lowest BCUT2D eigenvalue weighted by Crippen LogP contribution is -2.48. The maximum Gasteiger partial charge on any atom is 0.254 e. The van der Waals surface area contributed by atoms with Gasteiger partial charge in [0.25, 0.3) is 5.91 Å². The molecule has 0 unspecified atom stereocenters. The number of fused-ring (bicyclic) bond motifs is 1. The molecule has 0 N–H and O–H groups in total. The number of halogens is 1. The second-order valence-electron chi connectivity index (χ2n) is 9.49. The highest BCUT2D eigenvalue weighted by Crippen LogP contribution is 2.34. The standard InChI is InChI=1S/C29H33FN2O3S/c1-4-20(2)17-31(29(34)22-6-5-7-23(30)16-22)18-28(33)32-14-12-27-25(13-15-36-27)26(32)19-35-24-10-8-21(3)9-11-24/h5-11,13,15-16,20,26H,4,12,14,17-19H2,1-3H3/t20-,26-/m1/s1. The quantitative estimate of drug-likeness (QED) is 0.362. The summed E-state index contributed by atoms with van der Waals surface area (Å²) in [6.07, 6.45) is 1.65. The van der Waals surface area contributed by atoms with Gasteiger partial charge in [-0.1, -0.05) is 44.0 Å². The highest BCUT2D eigenvalue weighted by molar-refractivity contribution is 7.10. The average Bonchev–Trinajstić information content (AvgIpc) is 3.36. The van der Waals surface area contributed by atoms with Crippen LogP contribution in [0.3, 0.4) is 0 Å². The van der Waals surface area contributed by atoms with E-state index in [-0.39, 0.29) is 35.9 Å². The SMILES string of the molecule is CC[C@@H](C)CN(CC(=O)N1CCc2sccc2[C@H]1COc1ccc(C)cc1)C(=O)c1cccc(F)c1. The molecule has 0 aliphatic carbocycles. The molecule has 0 radical (unpaired) electrons. The maximum absolute atomic E-state index is 13.8. The third-order valence-corrected chi connectivity index (χ3v) is 7.75. The summed E-state index contributed by atoms with van der Waals surface area (Å²) in [7, 11) is 0. The lowest BCUT2D eigenvalue weighted by Gasteiger charge is -2.37. The Morgan fingerprint density at radius 3 is 2.69 bits per heavy atom. The molecule has 4 rings (SSSR count). The van der Waals surface area contributed by atoms with Crippen LogP contribution >= 0.6 is 11.3 Å². The summed E-state index contributed by atoms with van der Waals surface area (Å²) in [4.78, 5) is 31.7. The van der Waals surface area contributed by atoms with Crippen LogP contribution in [-0.2, 0) is 11.2 Å². The molecule has 5 nitrogen and oxygen atoms in total. The van der Waals surface area contributed by atoms with Crippen molar-refractivity contribution in [1.29, 1.82) is 0 Å². The van der Waals surface area contributed by atoms with Gasteiger partial charge in [0.2, 0.25) is 5.91 Å². The van der Waals surface area contributed by atoms with Crippen LogP contribution in [0.5, 0.6) is 5.75 Å². The molecular formula is C29H33FN2O3S. The van der Waals surface area contributed by atoms with Crippen molar-refractivity contribution in [2.24, 2.45) is 5.92 Å². The van der Waals surface area contributed by atoms with E-state index in [2.05, 4.69) is 18.4 Å². The smallest absolute Gasteiger partial charge is 0.254 e. The van der Waals surface area contributed by atoms with Crippen LogP contribution in [0, 0.1) is 18.7 Å². The van der Waals surface area contributed by atoms with E-state index in [0.29, 0.717) is 19.7 Å². The van der Waals surface area contributed by atoms with E-state index < -0.39 is 5.82 Å². The van der Waals surface area contributed by atoms with Gasteiger partial charge in [-0.3, -0.25) is 9.59 Å².